The third kappa shape index (κ3) is 7.34. The van der Waals surface area contributed by atoms with Crippen molar-refractivity contribution in [2.45, 2.75) is 58.2 Å². The lowest BCUT2D eigenvalue weighted by Gasteiger charge is -2.32. The van der Waals surface area contributed by atoms with Crippen LogP contribution in [0.3, 0.4) is 0 Å². The summed E-state index contributed by atoms with van der Waals surface area (Å²) in [5.74, 6) is -1.24. The Kier molecular flexibility index (Phi) is 10.2. The van der Waals surface area contributed by atoms with Crippen LogP contribution in [0, 0.1) is 0 Å². The van der Waals surface area contributed by atoms with E-state index in [2.05, 4.69) is 5.32 Å². The molecule has 2 unspecified atom stereocenters. The number of halogens is 2. The van der Waals surface area contributed by atoms with Crippen LogP contribution in [0.5, 0.6) is 0 Å². The first kappa shape index (κ1) is 30.3. The summed E-state index contributed by atoms with van der Waals surface area (Å²) in [6, 6.07) is 20.5. The maximum absolute atomic E-state index is 13.8. The van der Waals surface area contributed by atoms with Crippen molar-refractivity contribution in [2.75, 3.05) is 6.54 Å². The Bertz CT molecular complexity index is 1390. The monoisotopic (exact) mass is 593 g/mol. The number of benzene rings is 3. The van der Waals surface area contributed by atoms with Crippen LogP contribution in [0.4, 0.5) is 0 Å². The van der Waals surface area contributed by atoms with Crippen LogP contribution in [-0.4, -0.2) is 52.1 Å². The van der Waals surface area contributed by atoms with Crippen LogP contribution in [0.1, 0.15) is 65.0 Å². The summed E-state index contributed by atoms with van der Waals surface area (Å²) in [4.78, 5) is 55.8. The number of hydrogen-bond donors (Lipinski definition) is 1. The maximum Gasteiger partial charge on any atom is 0.261 e. The molecule has 7 nitrogen and oxygen atoms in total. The molecule has 0 aromatic heterocycles. The molecule has 0 saturated heterocycles. The second kappa shape index (κ2) is 13.8. The van der Waals surface area contributed by atoms with Crippen molar-refractivity contribution in [3.63, 3.8) is 0 Å². The number of rotatable bonds is 12. The standard InChI is InChI=1S/C32H33Cl2N3O4/c1-3-21(2)35-30(39)28(19-22-10-5-4-6-11-22)37(20-23-15-16-26(33)27(34)18-23)29(38)14-9-17-36-31(40)24-12-7-8-13-25(24)32(36)41/h4-8,10-13,15-16,18,21,28H,3,9,14,17,19-20H2,1-2H3,(H,35,39). The van der Waals surface area contributed by atoms with Gasteiger partial charge in [0.1, 0.15) is 6.04 Å². The van der Waals surface area contributed by atoms with Gasteiger partial charge < -0.3 is 10.2 Å². The summed E-state index contributed by atoms with van der Waals surface area (Å²) in [5, 5.41) is 3.78. The molecule has 0 aliphatic carbocycles. The molecule has 1 N–H and O–H groups in total. The lowest BCUT2D eigenvalue weighted by Crippen LogP contribution is -2.52. The van der Waals surface area contributed by atoms with Crippen LogP contribution < -0.4 is 5.32 Å². The minimum atomic E-state index is -0.798. The third-order valence-corrected chi connectivity index (χ3v) is 8.00. The second-order valence-corrected chi connectivity index (χ2v) is 11.0. The van der Waals surface area contributed by atoms with Gasteiger partial charge in [-0.2, -0.15) is 0 Å². The number of carbonyl (C=O) groups excluding carboxylic acids is 4. The number of carbonyl (C=O) groups is 4. The number of amides is 4. The van der Waals surface area contributed by atoms with Gasteiger partial charge in [0.05, 0.1) is 21.2 Å². The topological polar surface area (TPSA) is 86.8 Å². The van der Waals surface area contributed by atoms with Crippen LogP contribution in [0.25, 0.3) is 0 Å². The van der Waals surface area contributed by atoms with Crippen LogP contribution >= 0.6 is 23.2 Å². The van der Waals surface area contributed by atoms with Crippen molar-refractivity contribution in [1.82, 2.24) is 15.1 Å². The van der Waals surface area contributed by atoms with Crippen molar-refractivity contribution in [3.05, 3.63) is 105 Å². The zero-order valence-electron chi connectivity index (χ0n) is 23.1. The van der Waals surface area contributed by atoms with Crippen molar-refractivity contribution < 1.29 is 19.2 Å². The number of imide groups is 1. The molecule has 3 aromatic rings. The van der Waals surface area contributed by atoms with Gasteiger partial charge in [-0.3, -0.25) is 24.1 Å². The molecule has 1 aliphatic heterocycles. The predicted molar refractivity (Wildman–Crippen MR) is 160 cm³/mol. The van der Waals surface area contributed by atoms with E-state index in [1.165, 1.54) is 4.90 Å². The van der Waals surface area contributed by atoms with Gasteiger partial charge in [-0.25, -0.2) is 0 Å². The molecular formula is C32H33Cl2N3O4. The van der Waals surface area contributed by atoms with Crippen LogP contribution in [0.2, 0.25) is 10.0 Å². The van der Waals surface area contributed by atoms with Gasteiger partial charge in [0.15, 0.2) is 0 Å². The average Bonchev–Trinajstić information content (AvgIpc) is 3.22. The Morgan fingerprint density at radius 1 is 0.878 bits per heavy atom. The van der Waals surface area contributed by atoms with E-state index in [-0.39, 0.29) is 55.6 Å². The Morgan fingerprint density at radius 3 is 2.12 bits per heavy atom. The van der Waals surface area contributed by atoms with E-state index in [9.17, 15) is 19.2 Å². The van der Waals surface area contributed by atoms with Gasteiger partial charge in [-0.05, 0) is 55.2 Å². The predicted octanol–water partition coefficient (Wildman–Crippen LogP) is 5.92. The number of fused-ring (bicyclic) bond motifs is 1. The maximum atomic E-state index is 13.8. The molecule has 0 radical (unpaired) electrons. The summed E-state index contributed by atoms with van der Waals surface area (Å²) in [5.41, 5.74) is 2.38. The molecule has 1 heterocycles. The minimum absolute atomic E-state index is 0.0383. The van der Waals surface area contributed by atoms with Crippen LogP contribution in [0.15, 0.2) is 72.8 Å². The zero-order chi connectivity index (χ0) is 29.5. The molecule has 0 spiro atoms. The first-order chi connectivity index (χ1) is 19.7. The van der Waals surface area contributed by atoms with Crippen molar-refractivity contribution in [3.8, 4) is 0 Å². The summed E-state index contributed by atoms with van der Waals surface area (Å²) >= 11 is 12.4. The molecule has 9 heteroatoms. The minimum Gasteiger partial charge on any atom is -0.352 e. The molecule has 0 fully saturated rings. The summed E-state index contributed by atoms with van der Waals surface area (Å²) < 4.78 is 0. The third-order valence-electron chi connectivity index (χ3n) is 7.26. The van der Waals surface area contributed by atoms with Crippen LogP contribution in [-0.2, 0) is 22.6 Å². The Balaban J connectivity index is 1.57. The van der Waals surface area contributed by atoms with Gasteiger partial charge in [0, 0.05) is 32.0 Å². The SMILES string of the molecule is CCC(C)NC(=O)C(Cc1ccccc1)N(Cc1ccc(Cl)c(Cl)c1)C(=O)CCCN1C(=O)c2ccccc2C1=O. The molecule has 2 atom stereocenters. The van der Waals surface area contributed by atoms with Crippen molar-refractivity contribution >= 4 is 46.8 Å². The lowest BCUT2D eigenvalue weighted by atomic mass is 10.0. The van der Waals surface area contributed by atoms with Gasteiger partial charge in [0.25, 0.3) is 11.8 Å². The molecule has 0 saturated carbocycles. The van der Waals surface area contributed by atoms with Gasteiger partial charge in [-0.15, -0.1) is 0 Å². The summed E-state index contributed by atoms with van der Waals surface area (Å²) in [6.45, 7) is 4.13. The highest BCUT2D eigenvalue weighted by molar-refractivity contribution is 6.42. The van der Waals surface area contributed by atoms with Gasteiger partial charge in [-0.1, -0.05) is 78.7 Å². The molecule has 1 aliphatic rings. The summed E-state index contributed by atoms with van der Waals surface area (Å²) in [6.07, 6.45) is 1.35. The van der Waals surface area contributed by atoms with Gasteiger partial charge >= 0.3 is 0 Å². The summed E-state index contributed by atoms with van der Waals surface area (Å²) in [7, 11) is 0. The smallest absolute Gasteiger partial charge is 0.261 e. The second-order valence-electron chi connectivity index (χ2n) is 10.2. The molecule has 3 aromatic carbocycles. The van der Waals surface area contributed by atoms with E-state index < -0.39 is 6.04 Å². The number of nitrogens with one attached hydrogen (secondary N) is 1. The fourth-order valence-corrected chi connectivity index (χ4v) is 5.12. The Morgan fingerprint density at radius 2 is 1.51 bits per heavy atom. The largest absolute Gasteiger partial charge is 0.352 e. The first-order valence-corrected chi connectivity index (χ1v) is 14.5. The first-order valence-electron chi connectivity index (χ1n) is 13.7. The highest BCUT2D eigenvalue weighted by Crippen LogP contribution is 2.26. The Labute approximate surface area is 250 Å². The molecule has 41 heavy (non-hydrogen) atoms. The van der Waals surface area contributed by atoms with E-state index >= 15 is 0 Å². The quantitative estimate of drug-likeness (QED) is 0.264. The van der Waals surface area contributed by atoms with E-state index in [4.69, 9.17) is 23.2 Å². The molecular weight excluding hydrogens is 561 g/mol. The molecule has 4 amide bonds. The highest BCUT2D eigenvalue weighted by Gasteiger charge is 2.35. The number of hydrogen-bond acceptors (Lipinski definition) is 4. The normalized spacial score (nSPS) is 14.0. The van der Waals surface area contributed by atoms with E-state index in [1.54, 1.807) is 47.4 Å². The zero-order valence-corrected chi connectivity index (χ0v) is 24.6. The molecule has 214 valence electrons. The van der Waals surface area contributed by atoms with Gasteiger partial charge in [0.2, 0.25) is 11.8 Å². The fraction of sp³-hybridized carbons (Fsp3) is 0.312. The Hall–Kier alpha value is -3.68. The fourth-order valence-electron chi connectivity index (χ4n) is 4.80. The molecule has 0 bridgehead atoms. The highest BCUT2D eigenvalue weighted by atomic mass is 35.5. The van der Waals surface area contributed by atoms with E-state index in [0.29, 0.717) is 27.6 Å². The van der Waals surface area contributed by atoms with Crippen molar-refractivity contribution in [2.24, 2.45) is 0 Å². The van der Waals surface area contributed by atoms with E-state index in [1.807, 2.05) is 44.2 Å². The van der Waals surface area contributed by atoms with E-state index in [0.717, 1.165) is 17.5 Å². The van der Waals surface area contributed by atoms with Crippen molar-refractivity contribution in [1.29, 1.82) is 0 Å². The average molecular weight is 595 g/mol. The molecule has 4 rings (SSSR count). The number of nitrogens with zero attached hydrogens (tertiary/aromatic N) is 2. The lowest BCUT2D eigenvalue weighted by molar-refractivity contribution is -0.141.